The van der Waals surface area contributed by atoms with E-state index in [2.05, 4.69) is 9.99 Å². The summed E-state index contributed by atoms with van der Waals surface area (Å²) < 4.78 is 68.4. The molecule has 44 heavy (non-hydrogen) atoms. The van der Waals surface area contributed by atoms with Crippen molar-refractivity contribution in [1.29, 1.82) is 0 Å². The summed E-state index contributed by atoms with van der Waals surface area (Å²) in [5, 5.41) is 2.73. The van der Waals surface area contributed by atoms with Crippen molar-refractivity contribution in [2.45, 2.75) is 23.3 Å². The highest BCUT2D eigenvalue weighted by Crippen LogP contribution is 2.33. The zero-order chi connectivity index (χ0) is 32.4. The van der Waals surface area contributed by atoms with E-state index in [-0.39, 0.29) is 26.2 Å². The fourth-order valence-electron chi connectivity index (χ4n) is 3.52. The van der Waals surface area contributed by atoms with Crippen molar-refractivity contribution in [1.82, 2.24) is 0 Å². The second-order valence-corrected chi connectivity index (χ2v) is 11.4. The topological polar surface area (TPSA) is 136 Å². The highest BCUT2D eigenvalue weighted by molar-refractivity contribution is 7.87. The molecular formula is C28H25Cl3FNO10S. The highest BCUT2D eigenvalue weighted by atomic mass is 35.5. The Morgan fingerprint density at radius 1 is 0.841 bits per heavy atom. The van der Waals surface area contributed by atoms with Crippen LogP contribution in [0.15, 0.2) is 70.7 Å². The molecule has 16 heteroatoms. The number of benzene rings is 3. The number of carbonyl (C=O) groups excluding carboxylic acids is 2. The van der Waals surface area contributed by atoms with Gasteiger partial charge in [0.15, 0.2) is 18.4 Å². The smallest absolute Gasteiger partial charge is 0.338 e. The van der Waals surface area contributed by atoms with E-state index in [9.17, 15) is 18.0 Å². The third-order valence-corrected chi connectivity index (χ3v) is 8.28. The minimum atomic E-state index is -4.89. The SMILES string of the molecule is CON=C[C@@H](F)[C@H](OC(=O)c1ccc(OC)cc1)[C@@H](COC(=O)c1ccc(OC)cc1)OS(=O)(=O)c1cc(Cl)c(Cl)cc1Cl. The number of carbonyl (C=O) groups is 2. The van der Waals surface area contributed by atoms with Gasteiger partial charge in [-0.2, -0.15) is 8.42 Å². The van der Waals surface area contributed by atoms with E-state index >= 15 is 4.39 Å². The van der Waals surface area contributed by atoms with Crippen LogP contribution in [0, 0.1) is 0 Å². The first kappa shape index (κ1) is 34.9. The fraction of sp³-hybridized carbons (Fsp3) is 0.250. The molecule has 0 radical (unpaired) electrons. The summed E-state index contributed by atoms with van der Waals surface area (Å²) in [6.45, 7) is -0.926. The van der Waals surface area contributed by atoms with Crippen LogP contribution in [0.2, 0.25) is 15.1 Å². The van der Waals surface area contributed by atoms with Crippen LogP contribution in [-0.2, 0) is 28.6 Å². The number of methoxy groups -OCH3 is 2. The lowest BCUT2D eigenvalue weighted by atomic mass is 10.1. The molecule has 0 bridgehead atoms. The van der Waals surface area contributed by atoms with Gasteiger partial charge in [0.25, 0.3) is 10.1 Å². The molecule has 3 aromatic carbocycles. The quantitative estimate of drug-likeness (QED) is 0.0671. The minimum Gasteiger partial charge on any atom is -0.497 e. The van der Waals surface area contributed by atoms with Gasteiger partial charge in [-0.3, -0.25) is 4.18 Å². The van der Waals surface area contributed by atoms with Crippen LogP contribution in [0.4, 0.5) is 4.39 Å². The lowest BCUT2D eigenvalue weighted by molar-refractivity contribution is -0.0478. The molecule has 11 nitrogen and oxygen atoms in total. The molecule has 0 aliphatic heterocycles. The number of hydrogen-bond donors (Lipinski definition) is 0. The molecule has 0 aliphatic carbocycles. The Hall–Kier alpha value is -3.62. The van der Waals surface area contributed by atoms with Crippen molar-refractivity contribution in [2.75, 3.05) is 27.9 Å². The molecule has 0 unspecified atom stereocenters. The zero-order valence-corrected chi connectivity index (χ0v) is 26.3. The Balaban J connectivity index is 2.01. The Morgan fingerprint density at radius 2 is 1.36 bits per heavy atom. The Morgan fingerprint density at radius 3 is 1.89 bits per heavy atom. The number of nitrogens with zero attached hydrogens (tertiary/aromatic N) is 1. The molecule has 0 saturated carbocycles. The average molecular weight is 693 g/mol. The largest absolute Gasteiger partial charge is 0.497 e. The molecule has 0 amide bonds. The summed E-state index contributed by atoms with van der Waals surface area (Å²) in [7, 11) is -0.912. The summed E-state index contributed by atoms with van der Waals surface area (Å²) in [4.78, 5) is 29.7. The van der Waals surface area contributed by atoms with Gasteiger partial charge >= 0.3 is 11.9 Å². The van der Waals surface area contributed by atoms with E-state index in [4.69, 9.17) is 57.9 Å². The maximum absolute atomic E-state index is 15.6. The predicted octanol–water partition coefficient (Wildman–Crippen LogP) is 5.79. The molecule has 0 heterocycles. The van der Waals surface area contributed by atoms with E-state index in [1.54, 1.807) is 0 Å². The van der Waals surface area contributed by atoms with Crippen LogP contribution in [0.3, 0.4) is 0 Å². The van der Waals surface area contributed by atoms with Crippen molar-refractivity contribution < 1.29 is 50.4 Å². The number of oxime groups is 1. The van der Waals surface area contributed by atoms with Crippen LogP contribution in [-0.4, -0.2) is 72.9 Å². The third kappa shape index (κ3) is 9.19. The van der Waals surface area contributed by atoms with Gasteiger partial charge in [0.1, 0.15) is 30.1 Å². The van der Waals surface area contributed by atoms with E-state index in [1.807, 2.05) is 0 Å². The van der Waals surface area contributed by atoms with Gasteiger partial charge in [-0.15, -0.1) is 0 Å². The second-order valence-electron chi connectivity index (χ2n) is 8.59. The predicted molar refractivity (Wildman–Crippen MR) is 159 cm³/mol. The van der Waals surface area contributed by atoms with Crippen LogP contribution in [0.1, 0.15) is 20.7 Å². The third-order valence-electron chi connectivity index (χ3n) is 5.76. The summed E-state index contributed by atoms with van der Waals surface area (Å²) >= 11 is 18.0. The van der Waals surface area contributed by atoms with Crippen molar-refractivity contribution in [2.24, 2.45) is 5.16 Å². The summed E-state index contributed by atoms with van der Waals surface area (Å²) in [5.74, 6) is -1.14. The monoisotopic (exact) mass is 691 g/mol. The Kier molecular flexibility index (Phi) is 12.6. The lowest BCUT2D eigenvalue weighted by Crippen LogP contribution is -2.45. The lowest BCUT2D eigenvalue weighted by Gasteiger charge is -2.27. The number of ether oxygens (including phenoxy) is 4. The Labute approximate surface area is 267 Å². The van der Waals surface area contributed by atoms with Crippen molar-refractivity contribution in [3.05, 3.63) is 86.9 Å². The summed E-state index contributed by atoms with van der Waals surface area (Å²) in [6, 6.07) is 13.3. The average Bonchev–Trinajstić information content (AvgIpc) is 3.02. The maximum atomic E-state index is 15.6. The summed E-state index contributed by atoms with van der Waals surface area (Å²) in [5.41, 5.74) is 0.000462. The van der Waals surface area contributed by atoms with Gasteiger partial charge in [-0.25, -0.2) is 14.0 Å². The summed E-state index contributed by atoms with van der Waals surface area (Å²) in [6.07, 6.45) is -5.79. The minimum absolute atomic E-state index is 0.0453. The number of hydrogen-bond acceptors (Lipinski definition) is 11. The molecule has 3 rings (SSSR count). The van der Waals surface area contributed by atoms with Crippen LogP contribution in [0.25, 0.3) is 0 Å². The number of rotatable bonds is 14. The van der Waals surface area contributed by atoms with E-state index < -0.39 is 51.9 Å². The molecule has 0 N–H and O–H groups in total. The molecule has 0 saturated heterocycles. The van der Waals surface area contributed by atoms with Crippen molar-refractivity contribution in [3.8, 4) is 11.5 Å². The fourth-order valence-corrected chi connectivity index (χ4v) is 5.57. The van der Waals surface area contributed by atoms with Gasteiger partial charge < -0.3 is 23.8 Å². The van der Waals surface area contributed by atoms with E-state index in [0.29, 0.717) is 17.7 Å². The molecular weight excluding hydrogens is 668 g/mol. The van der Waals surface area contributed by atoms with Crippen LogP contribution >= 0.6 is 34.8 Å². The van der Waals surface area contributed by atoms with Gasteiger partial charge in [-0.1, -0.05) is 40.0 Å². The Bertz CT molecular complexity index is 1590. The maximum Gasteiger partial charge on any atom is 0.338 e. The number of alkyl halides is 1. The first-order valence-electron chi connectivity index (χ1n) is 12.3. The second kappa shape index (κ2) is 15.9. The van der Waals surface area contributed by atoms with Crippen LogP contribution in [0.5, 0.6) is 11.5 Å². The van der Waals surface area contributed by atoms with Crippen LogP contribution < -0.4 is 9.47 Å². The number of halogens is 4. The molecule has 0 fully saturated rings. The first-order chi connectivity index (χ1) is 20.9. The van der Waals surface area contributed by atoms with E-state index in [0.717, 1.165) is 19.2 Å². The molecule has 236 valence electrons. The highest BCUT2D eigenvalue weighted by Gasteiger charge is 2.39. The zero-order valence-electron chi connectivity index (χ0n) is 23.2. The molecule has 3 aromatic rings. The molecule has 0 aliphatic rings. The van der Waals surface area contributed by atoms with Crippen molar-refractivity contribution in [3.63, 3.8) is 0 Å². The standard InChI is InChI=1S/C28H25Cl3FNO10S/c1-38-18-8-4-16(5-9-18)27(34)41-15-24(43-44(36,37)25-13-21(30)20(29)12-22(25)31)26(23(32)14-33-40-3)42-28(35)17-6-10-19(39-2)11-7-17/h4-14,23-24,26H,15H2,1-3H3/t23-,24-,26+/m1/s1. The normalized spacial score (nSPS) is 13.5. The molecule has 0 spiro atoms. The van der Waals surface area contributed by atoms with Gasteiger partial charge in [0.2, 0.25) is 0 Å². The van der Waals surface area contributed by atoms with Crippen molar-refractivity contribution >= 4 is 63.1 Å². The molecule has 3 atom stereocenters. The van der Waals surface area contributed by atoms with Gasteiger partial charge in [0.05, 0.1) is 46.6 Å². The van der Waals surface area contributed by atoms with Gasteiger partial charge in [-0.05, 0) is 60.7 Å². The molecule has 0 aromatic heterocycles. The van der Waals surface area contributed by atoms with Gasteiger partial charge in [0, 0.05) is 0 Å². The van der Waals surface area contributed by atoms with E-state index in [1.165, 1.54) is 62.8 Å². The first-order valence-corrected chi connectivity index (χ1v) is 14.9. The number of esters is 2.